The fourth-order valence-electron chi connectivity index (χ4n) is 2.28. The lowest BCUT2D eigenvalue weighted by Gasteiger charge is -2.08. The smallest absolute Gasteiger partial charge is 0.282 e. The summed E-state index contributed by atoms with van der Waals surface area (Å²) in [6, 6.07) is 18.6. The van der Waals surface area contributed by atoms with Crippen LogP contribution in [-0.2, 0) is 17.8 Å². The molecular weight excluding hydrogens is 264 g/mol. The number of rotatable bonds is 5. The van der Waals surface area contributed by atoms with Gasteiger partial charge < -0.3 is 15.2 Å². The zero-order valence-electron chi connectivity index (χ0n) is 11.7. The lowest BCUT2D eigenvalue weighted by molar-refractivity contribution is 0.305. The highest BCUT2D eigenvalue weighted by Crippen LogP contribution is 2.17. The molecule has 2 N–H and O–H groups in total. The number of aliphatic imine (C=N–C) groups is 1. The van der Waals surface area contributed by atoms with Crippen LogP contribution in [-0.4, -0.2) is 18.7 Å². The van der Waals surface area contributed by atoms with Gasteiger partial charge in [0.25, 0.3) is 6.02 Å². The van der Waals surface area contributed by atoms with Gasteiger partial charge in [0.2, 0.25) is 0 Å². The number of nitrogens with two attached hydrogens (primary N) is 1. The van der Waals surface area contributed by atoms with Crippen molar-refractivity contribution < 1.29 is 9.47 Å². The SMILES string of the molecule is NC1=NC(Cc2ccc(OCc3ccccc3)cc2)CO1. The molecule has 1 aliphatic rings. The summed E-state index contributed by atoms with van der Waals surface area (Å²) in [5.41, 5.74) is 7.87. The molecule has 0 aliphatic carbocycles. The quantitative estimate of drug-likeness (QED) is 0.916. The summed E-state index contributed by atoms with van der Waals surface area (Å²) in [7, 11) is 0. The highest BCUT2D eigenvalue weighted by Gasteiger charge is 2.16. The number of hydrogen-bond acceptors (Lipinski definition) is 4. The Bertz CT molecular complexity index is 608. The van der Waals surface area contributed by atoms with Gasteiger partial charge in [-0.15, -0.1) is 0 Å². The highest BCUT2D eigenvalue weighted by molar-refractivity contribution is 5.73. The lowest BCUT2D eigenvalue weighted by atomic mass is 10.1. The molecular formula is C17H18N2O2. The van der Waals surface area contributed by atoms with Gasteiger partial charge in [-0.2, -0.15) is 0 Å². The molecule has 0 radical (unpaired) electrons. The molecule has 0 spiro atoms. The van der Waals surface area contributed by atoms with Crippen molar-refractivity contribution in [1.82, 2.24) is 0 Å². The first-order valence-electron chi connectivity index (χ1n) is 7.01. The molecule has 1 atom stereocenters. The second-order valence-electron chi connectivity index (χ2n) is 5.05. The minimum atomic E-state index is 0.126. The first kappa shape index (κ1) is 13.5. The number of amidine groups is 1. The minimum absolute atomic E-state index is 0.126. The molecule has 108 valence electrons. The third kappa shape index (κ3) is 3.75. The Morgan fingerprint density at radius 2 is 1.81 bits per heavy atom. The topological polar surface area (TPSA) is 56.8 Å². The molecule has 1 aliphatic heterocycles. The van der Waals surface area contributed by atoms with E-state index in [-0.39, 0.29) is 6.04 Å². The Morgan fingerprint density at radius 1 is 1.05 bits per heavy atom. The molecule has 21 heavy (non-hydrogen) atoms. The fourth-order valence-corrected chi connectivity index (χ4v) is 2.28. The van der Waals surface area contributed by atoms with Crippen molar-refractivity contribution in [3.63, 3.8) is 0 Å². The van der Waals surface area contributed by atoms with Crippen LogP contribution < -0.4 is 10.5 Å². The first-order valence-corrected chi connectivity index (χ1v) is 7.01. The molecule has 2 aromatic rings. The maximum Gasteiger partial charge on any atom is 0.282 e. The number of nitrogens with zero attached hydrogens (tertiary/aromatic N) is 1. The molecule has 1 unspecified atom stereocenters. The van der Waals surface area contributed by atoms with E-state index in [4.69, 9.17) is 15.2 Å². The van der Waals surface area contributed by atoms with Gasteiger partial charge in [-0.25, -0.2) is 4.99 Å². The van der Waals surface area contributed by atoms with Crippen LogP contribution in [0.5, 0.6) is 5.75 Å². The zero-order valence-corrected chi connectivity index (χ0v) is 11.7. The van der Waals surface area contributed by atoms with Crippen LogP contribution in [0.15, 0.2) is 59.6 Å². The Morgan fingerprint density at radius 3 is 2.48 bits per heavy atom. The summed E-state index contributed by atoms with van der Waals surface area (Å²) in [5.74, 6) is 0.869. The van der Waals surface area contributed by atoms with E-state index < -0.39 is 0 Å². The van der Waals surface area contributed by atoms with E-state index >= 15 is 0 Å². The van der Waals surface area contributed by atoms with Gasteiger partial charge in [-0.3, -0.25) is 0 Å². The van der Waals surface area contributed by atoms with Crippen LogP contribution in [0, 0.1) is 0 Å². The molecule has 0 aromatic heterocycles. The Hall–Kier alpha value is -2.49. The molecule has 0 amide bonds. The van der Waals surface area contributed by atoms with Crippen molar-refractivity contribution >= 4 is 6.02 Å². The Kier molecular flexibility index (Phi) is 4.05. The molecule has 4 nitrogen and oxygen atoms in total. The van der Waals surface area contributed by atoms with Crippen molar-refractivity contribution in [1.29, 1.82) is 0 Å². The van der Waals surface area contributed by atoms with Crippen LogP contribution >= 0.6 is 0 Å². The van der Waals surface area contributed by atoms with Crippen LogP contribution in [0.1, 0.15) is 11.1 Å². The predicted molar refractivity (Wildman–Crippen MR) is 82.3 cm³/mol. The average molecular weight is 282 g/mol. The maximum absolute atomic E-state index is 5.76. The fraction of sp³-hybridized carbons (Fsp3) is 0.235. The van der Waals surface area contributed by atoms with Gasteiger partial charge in [-0.05, 0) is 29.7 Å². The molecule has 0 bridgehead atoms. The molecule has 4 heteroatoms. The Balaban J connectivity index is 1.54. The van der Waals surface area contributed by atoms with Gasteiger partial charge in [0.15, 0.2) is 0 Å². The maximum atomic E-state index is 5.76. The number of ether oxygens (including phenoxy) is 2. The van der Waals surface area contributed by atoms with Crippen LogP contribution in [0.4, 0.5) is 0 Å². The summed E-state index contributed by atoms with van der Waals surface area (Å²) in [5, 5.41) is 0. The zero-order chi connectivity index (χ0) is 14.5. The van der Waals surface area contributed by atoms with Gasteiger partial charge in [0.05, 0.1) is 6.04 Å². The van der Waals surface area contributed by atoms with Crippen molar-refractivity contribution in [2.45, 2.75) is 19.1 Å². The molecule has 0 saturated carbocycles. The van der Waals surface area contributed by atoms with E-state index in [0.29, 0.717) is 19.2 Å². The molecule has 2 aromatic carbocycles. The van der Waals surface area contributed by atoms with Gasteiger partial charge in [0.1, 0.15) is 19.0 Å². The molecule has 0 saturated heterocycles. The van der Waals surface area contributed by atoms with E-state index in [0.717, 1.165) is 17.7 Å². The predicted octanol–water partition coefficient (Wildman–Crippen LogP) is 2.52. The second kappa shape index (κ2) is 6.31. The second-order valence-corrected chi connectivity index (χ2v) is 5.05. The standard InChI is InChI=1S/C17H18N2O2/c18-17-19-15(12-21-17)10-13-6-8-16(9-7-13)20-11-14-4-2-1-3-5-14/h1-9,15H,10-12H2,(H2,18,19). The molecule has 3 rings (SSSR count). The summed E-state index contributed by atoms with van der Waals surface area (Å²) in [6.07, 6.45) is 0.833. The third-order valence-corrected chi connectivity index (χ3v) is 3.38. The Labute approximate surface area is 124 Å². The lowest BCUT2D eigenvalue weighted by Crippen LogP contribution is -2.11. The van der Waals surface area contributed by atoms with Gasteiger partial charge >= 0.3 is 0 Å². The molecule has 0 fully saturated rings. The third-order valence-electron chi connectivity index (χ3n) is 3.38. The van der Waals surface area contributed by atoms with Crippen molar-refractivity contribution in [3.8, 4) is 5.75 Å². The van der Waals surface area contributed by atoms with E-state index in [9.17, 15) is 0 Å². The summed E-state index contributed by atoms with van der Waals surface area (Å²) in [4.78, 5) is 4.22. The number of hydrogen-bond donors (Lipinski definition) is 1. The van der Waals surface area contributed by atoms with Crippen LogP contribution in [0.3, 0.4) is 0 Å². The van der Waals surface area contributed by atoms with Crippen molar-refractivity contribution in [2.24, 2.45) is 10.7 Å². The normalized spacial score (nSPS) is 17.1. The number of benzene rings is 2. The molecule has 1 heterocycles. The monoisotopic (exact) mass is 282 g/mol. The van der Waals surface area contributed by atoms with Gasteiger partial charge in [0, 0.05) is 0 Å². The summed E-state index contributed by atoms with van der Waals surface area (Å²) < 4.78 is 10.9. The minimum Gasteiger partial charge on any atom is -0.489 e. The summed E-state index contributed by atoms with van der Waals surface area (Å²) in [6.45, 7) is 1.15. The van der Waals surface area contributed by atoms with Crippen molar-refractivity contribution in [2.75, 3.05) is 6.61 Å². The highest BCUT2D eigenvalue weighted by atomic mass is 16.5. The summed E-state index contributed by atoms with van der Waals surface area (Å²) >= 11 is 0. The van der Waals surface area contributed by atoms with E-state index in [1.807, 2.05) is 30.3 Å². The van der Waals surface area contributed by atoms with Gasteiger partial charge in [-0.1, -0.05) is 42.5 Å². The largest absolute Gasteiger partial charge is 0.489 e. The van der Waals surface area contributed by atoms with E-state index in [1.54, 1.807) is 0 Å². The first-order chi connectivity index (χ1) is 10.3. The van der Waals surface area contributed by atoms with Crippen molar-refractivity contribution in [3.05, 3.63) is 65.7 Å². The average Bonchev–Trinajstić information content (AvgIpc) is 2.93. The van der Waals surface area contributed by atoms with Crippen LogP contribution in [0.25, 0.3) is 0 Å². The van der Waals surface area contributed by atoms with E-state index in [1.165, 1.54) is 5.56 Å². The van der Waals surface area contributed by atoms with Crippen LogP contribution in [0.2, 0.25) is 0 Å². The van der Waals surface area contributed by atoms with E-state index in [2.05, 4.69) is 29.3 Å².